The minimum atomic E-state index is -0.553. The zero-order chi connectivity index (χ0) is 11.2. The van der Waals surface area contributed by atoms with Gasteiger partial charge in [-0.25, -0.2) is 4.79 Å². The number of carbonyl (C=O) groups excluding carboxylic acids is 1. The Morgan fingerprint density at radius 2 is 1.93 bits per heavy atom. The Balaban J connectivity index is 3.72. The van der Waals surface area contributed by atoms with Gasteiger partial charge in [0.05, 0.1) is 6.54 Å². The minimum absolute atomic E-state index is 0.106. The van der Waals surface area contributed by atoms with E-state index in [1.807, 2.05) is 20.8 Å². The molecule has 0 fully saturated rings. The van der Waals surface area contributed by atoms with E-state index in [2.05, 4.69) is 15.6 Å². The maximum Gasteiger partial charge on any atom is 0.312 e. The van der Waals surface area contributed by atoms with Gasteiger partial charge >= 0.3 is 6.03 Å². The fraction of sp³-hybridized carbons (Fsp3) is 0.750. The average Bonchev–Trinajstić information content (AvgIpc) is 1.94. The number of rotatable bonds is 3. The van der Waals surface area contributed by atoms with E-state index in [0.717, 1.165) is 0 Å². The van der Waals surface area contributed by atoms with Gasteiger partial charge in [-0.05, 0) is 20.8 Å². The number of nitrogens with zero attached hydrogens (tertiary/aromatic N) is 1. The normalized spacial score (nSPS) is 12.4. The van der Waals surface area contributed by atoms with E-state index in [1.165, 1.54) is 0 Å². The fourth-order valence-corrected chi connectivity index (χ4v) is 0.779. The van der Waals surface area contributed by atoms with Crippen LogP contribution in [0, 0.1) is 0 Å². The van der Waals surface area contributed by atoms with Crippen molar-refractivity contribution in [1.29, 1.82) is 0 Å². The molecule has 6 nitrogen and oxygen atoms in total. The Morgan fingerprint density at radius 1 is 1.36 bits per heavy atom. The summed E-state index contributed by atoms with van der Waals surface area (Å²) in [5, 5.41) is 5.40. The fourth-order valence-electron chi connectivity index (χ4n) is 0.779. The SMILES string of the molecule is CC(C)(C)NC(N)=NCCNC(N)=O. The van der Waals surface area contributed by atoms with Crippen molar-refractivity contribution in [2.24, 2.45) is 16.5 Å². The predicted octanol–water partition coefficient (Wildman–Crippen LogP) is -0.642. The molecule has 0 saturated heterocycles. The molecule has 0 aromatic heterocycles. The summed E-state index contributed by atoms with van der Waals surface area (Å²) in [6.45, 7) is 6.75. The Kier molecular flexibility index (Phi) is 4.76. The summed E-state index contributed by atoms with van der Waals surface area (Å²) in [6.07, 6.45) is 0. The van der Waals surface area contributed by atoms with Gasteiger partial charge in [-0.3, -0.25) is 4.99 Å². The number of hydrogen-bond donors (Lipinski definition) is 4. The van der Waals surface area contributed by atoms with Crippen LogP contribution in [0.4, 0.5) is 4.79 Å². The first-order valence-electron chi connectivity index (χ1n) is 4.42. The molecule has 82 valence electrons. The molecule has 0 radical (unpaired) electrons. The van der Waals surface area contributed by atoms with Gasteiger partial charge in [0.25, 0.3) is 0 Å². The lowest BCUT2D eigenvalue weighted by molar-refractivity contribution is 0.249. The number of hydrogen-bond acceptors (Lipinski definition) is 2. The number of carbonyl (C=O) groups is 1. The topological polar surface area (TPSA) is 106 Å². The molecule has 0 heterocycles. The standard InChI is InChI=1S/C8H19N5O/c1-8(2,3)13-6(9)11-4-5-12-7(10)14/h4-5H2,1-3H3,(H3,9,11,13)(H3,10,12,14). The number of urea groups is 1. The quantitative estimate of drug-likeness (QED) is 0.277. The van der Waals surface area contributed by atoms with E-state index in [-0.39, 0.29) is 5.54 Å². The number of nitrogens with two attached hydrogens (primary N) is 2. The highest BCUT2D eigenvalue weighted by Gasteiger charge is 2.09. The first-order chi connectivity index (χ1) is 6.31. The molecule has 0 rings (SSSR count). The number of aliphatic imine (C=N–C) groups is 1. The lowest BCUT2D eigenvalue weighted by Crippen LogP contribution is -2.45. The highest BCUT2D eigenvalue weighted by molar-refractivity contribution is 5.78. The Labute approximate surface area is 84.1 Å². The maximum absolute atomic E-state index is 10.3. The van der Waals surface area contributed by atoms with Crippen LogP contribution in [-0.2, 0) is 0 Å². The summed E-state index contributed by atoms with van der Waals surface area (Å²) < 4.78 is 0. The number of amides is 2. The second-order valence-corrected chi connectivity index (χ2v) is 3.93. The van der Waals surface area contributed by atoms with Crippen LogP contribution in [0.15, 0.2) is 4.99 Å². The molecule has 6 N–H and O–H groups in total. The predicted molar refractivity (Wildman–Crippen MR) is 57.0 cm³/mol. The zero-order valence-corrected chi connectivity index (χ0v) is 8.92. The van der Waals surface area contributed by atoms with Crippen LogP contribution in [0.25, 0.3) is 0 Å². The van der Waals surface area contributed by atoms with Gasteiger partial charge in [0.1, 0.15) is 0 Å². The highest BCUT2D eigenvalue weighted by atomic mass is 16.2. The van der Waals surface area contributed by atoms with Gasteiger partial charge in [0, 0.05) is 12.1 Å². The van der Waals surface area contributed by atoms with Gasteiger partial charge in [-0.2, -0.15) is 0 Å². The molecule has 0 saturated carbocycles. The molecule has 14 heavy (non-hydrogen) atoms. The van der Waals surface area contributed by atoms with Gasteiger partial charge in [0.15, 0.2) is 5.96 Å². The minimum Gasteiger partial charge on any atom is -0.370 e. The molecule has 0 aromatic carbocycles. The van der Waals surface area contributed by atoms with E-state index in [0.29, 0.717) is 19.0 Å². The Morgan fingerprint density at radius 3 is 2.36 bits per heavy atom. The lowest BCUT2D eigenvalue weighted by Gasteiger charge is -2.20. The van der Waals surface area contributed by atoms with Crippen LogP contribution in [0.5, 0.6) is 0 Å². The zero-order valence-electron chi connectivity index (χ0n) is 8.92. The van der Waals surface area contributed by atoms with Gasteiger partial charge in [-0.1, -0.05) is 0 Å². The largest absolute Gasteiger partial charge is 0.370 e. The Bertz CT molecular complexity index is 218. The third-order valence-electron chi connectivity index (χ3n) is 1.20. The highest BCUT2D eigenvalue weighted by Crippen LogP contribution is 1.96. The van der Waals surface area contributed by atoms with Gasteiger partial charge < -0.3 is 22.1 Å². The molecule has 0 aliphatic heterocycles. The van der Waals surface area contributed by atoms with Crippen LogP contribution in [0.1, 0.15) is 20.8 Å². The summed E-state index contributed by atoms with van der Waals surface area (Å²) in [4.78, 5) is 14.3. The molecule has 0 aliphatic carbocycles. The first kappa shape index (κ1) is 12.5. The van der Waals surface area contributed by atoms with Crippen LogP contribution < -0.4 is 22.1 Å². The summed E-state index contributed by atoms with van der Waals surface area (Å²) >= 11 is 0. The van der Waals surface area contributed by atoms with Crippen LogP contribution in [0.2, 0.25) is 0 Å². The van der Waals surface area contributed by atoms with E-state index >= 15 is 0 Å². The number of nitrogens with one attached hydrogen (secondary N) is 2. The van der Waals surface area contributed by atoms with Crippen molar-refractivity contribution in [1.82, 2.24) is 10.6 Å². The van der Waals surface area contributed by atoms with Gasteiger partial charge in [-0.15, -0.1) is 0 Å². The summed E-state index contributed by atoms with van der Waals surface area (Å²) in [5.74, 6) is 0.365. The monoisotopic (exact) mass is 201 g/mol. The van der Waals surface area contributed by atoms with Gasteiger partial charge in [0.2, 0.25) is 0 Å². The molecule has 0 aromatic rings. The molecule has 0 aliphatic rings. The van der Waals surface area contributed by atoms with Crippen molar-refractivity contribution in [2.45, 2.75) is 26.3 Å². The first-order valence-corrected chi connectivity index (χ1v) is 4.42. The van der Waals surface area contributed by atoms with Crippen LogP contribution in [-0.4, -0.2) is 30.6 Å². The number of primary amides is 1. The van der Waals surface area contributed by atoms with Crippen molar-refractivity contribution >= 4 is 12.0 Å². The maximum atomic E-state index is 10.3. The van der Waals surface area contributed by atoms with Crippen molar-refractivity contribution in [3.63, 3.8) is 0 Å². The second kappa shape index (κ2) is 5.31. The smallest absolute Gasteiger partial charge is 0.312 e. The van der Waals surface area contributed by atoms with Crippen molar-refractivity contribution in [3.05, 3.63) is 0 Å². The third-order valence-corrected chi connectivity index (χ3v) is 1.20. The molecule has 0 spiro atoms. The average molecular weight is 201 g/mol. The van der Waals surface area contributed by atoms with Crippen LogP contribution >= 0.6 is 0 Å². The second-order valence-electron chi connectivity index (χ2n) is 3.93. The number of guanidine groups is 1. The molecule has 0 atom stereocenters. The molecule has 0 bridgehead atoms. The lowest BCUT2D eigenvalue weighted by atomic mass is 10.1. The summed E-state index contributed by atoms with van der Waals surface area (Å²) in [6, 6.07) is -0.553. The molecule has 2 amide bonds. The van der Waals surface area contributed by atoms with Crippen molar-refractivity contribution in [3.8, 4) is 0 Å². The molecule has 0 unspecified atom stereocenters. The molecular weight excluding hydrogens is 182 g/mol. The van der Waals surface area contributed by atoms with E-state index < -0.39 is 6.03 Å². The van der Waals surface area contributed by atoms with E-state index in [1.54, 1.807) is 0 Å². The van der Waals surface area contributed by atoms with Crippen molar-refractivity contribution in [2.75, 3.05) is 13.1 Å². The Hall–Kier alpha value is -1.46. The third kappa shape index (κ3) is 8.63. The van der Waals surface area contributed by atoms with Crippen molar-refractivity contribution < 1.29 is 4.79 Å². The summed E-state index contributed by atoms with van der Waals surface area (Å²) in [7, 11) is 0. The van der Waals surface area contributed by atoms with E-state index in [9.17, 15) is 4.79 Å². The van der Waals surface area contributed by atoms with Crippen LogP contribution in [0.3, 0.4) is 0 Å². The molecule has 6 heteroatoms. The summed E-state index contributed by atoms with van der Waals surface area (Å²) in [5.41, 5.74) is 10.3. The van der Waals surface area contributed by atoms with E-state index in [4.69, 9.17) is 11.5 Å². The molecular formula is C8H19N5O.